The smallest absolute Gasteiger partial charge is 0.271 e. The number of alkyl halides is 3. The van der Waals surface area contributed by atoms with E-state index in [4.69, 9.17) is 5.84 Å². The molecule has 0 radical (unpaired) electrons. The molecule has 0 spiro atoms. The van der Waals surface area contributed by atoms with Crippen molar-refractivity contribution in [2.45, 2.75) is 12.2 Å². The molecule has 0 amide bonds. The highest BCUT2D eigenvalue weighted by Gasteiger charge is 2.35. The van der Waals surface area contributed by atoms with Gasteiger partial charge in [0.05, 0.1) is 11.6 Å². The monoisotopic (exact) mass is 344 g/mol. The molecule has 2 aromatic carbocycles. The second kappa shape index (κ2) is 5.95. The van der Waals surface area contributed by atoms with E-state index in [1.165, 1.54) is 12.1 Å². The van der Waals surface area contributed by atoms with Crippen molar-refractivity contribution in [3.8, 4) is 0 Å². The summed E-state index contributed by atoms with van der Waals surface area (Å²) in [6, 6.07) is 11.7. The van der Waals surface area contributed by atoms with Crippen molar-refractivity contribution in [1.29, 1.82) is 0 Å². The van der Waals surface area contributed by atoms with Crippen LogP contribution in [0.15, 0.2) is 53.0 Å². The van der Waals surface area contributed by atoms with Gasteiger partial charge in [0.15, 0.2) is 0 Å². The summed E-state index contributed by atoms with van der Waals surface area (Å²) >= 11 is 3.30. The fraction of sp³-hybridized carbons (Fsp3) is 0.143. The number of nitrogens with two attached hydrogens (primary N) is 1. The standard InChI is InChI=1S/C14H12BrF3N2/c15-10-5-3-4-9(8-10)13(20-19)11-6-1-2-7-12(11)14(16,17)18/h1-8,13,20H,19H2. The third-order valence-electron chi connectivity index (χ3n) is 2.93. The van der Waals surface area contributed by atoms with Crippen LogP contribution in [-0.4, -0.2) is 0 Å². The number of nitrogens with one attached hydrogen (secondary N) is 1. The summed E-state index contributed by atoms with van der Waals surface area (Å²) in [5, 5.41) is 0. The number of hydrogen-bond acceptors (Lipinski definition) is 2. The lowest BCUT2D eigenvalue weighted by molar-refractivity contribution is -0.138. The first kappa shape index (κ1) is 15.0. The number of hydrazine groups is 1. The average molecular weight is 345 g/mol. The molecule has 0 fully saturated rings. The first-order valence-electron chi connectivity index (χ1n) is 5.81. The first-order chi connectivity index (χ1) is 9.43. The Balaban J connectivity index is 2.53. The van der Waals surface area contributed by atoms with Gasteiger partial charge in [-0.1, -0.05) is 46.3 Å². The van der Waals surface area contributed by atoms with Crippen LogP contribution >= 0.6 is 15.9 Å². The molecule has 0 bridgehead atoms. The molecule has 2 nitrogen and oxygen atoms in total. The zero-order valence-corrected chi connectivity index (χ0v) is 11.9. The summed E-state index contributed by atoms with van der Waals surface area (Å²) in [5.41, 5.74) is 2.51. The van der Waals surface area contributed by atoms with E-state index in [1.54, 1.807) is 30.3 Å². The molecule has 2 rings (SSSR count). The lowest BCUT2D eigenvalue weighted by Gasteiger charge is -2.21. The molecule has 0 heterocycles. The van der Waals surface area contributed by atoms with Gasteiger partial charge in [-0.2, -0.15) is 13.2 Å². The molecule has 3 N–H and O–H groups in total. The van der Waals surface area contributed by atoms with Crippen molar-refractivity contribution >= 4 is 15.9 Å². The number of benzene rings is 2. The summed E-state index contributed by atoms with van der Waals surface area (Å²) in [6.45, 7) is 0. The van der Waals surface area contributed by atoms with E-state index in [2.05, 4.69) is 21.4 Å². The van der Waals surface area contributed by atoms with Gasteiger partial charge in [-0.15, -0.1) is 0 Å². The van der Waals surface area contributed by atoms with Crippen molar-refractivity contribution in [2.24, 2.45) is 5.84 Å². The van der Waals surface area contributed by atoms with Gasteiger partial charge in [-0.05, 0) is 29.3 Å². The molecule has 0 aromatic heterocycles. The Kier molecular flexibility index (Phi) is 4.47. The molecular formula is C14H12BrF3N2. The Hall–Kier alpha value is -1.37. The minimum absolute atomic E-state index is 0.0978. The van der Waals surface area contributed by atoms with E-state index in [0.717, 1.165) is 10.5 Å². The van der Waals surface area contributed by atoms with E-state index < -0.39 is 17.8 Å². The van der Waals surface area contributed by atoms with Gasteiger partial charge >= 0.3 is 6.18 Å². The quantitative estimate of drug-likeness (QED) is 0.651. The van der Waals surface area contributed by atoms with Crippen LogP contribution in [0.4, 0.5) is 13.2 Å². The Bertz CT molecular complexity index is 599. The van der Waals surface area contributed by atoms with Crippen LogP contribution in [0.1, 0.15) is 22.7 Å². The summed E-state index contributed by atoms with van der Waals surface area (Å²) in [6.07, 6.45) is -4.42. The highest BCUT2D eigenvalue weighted by atomic mass is 79.9. The van der Waals surface area contributed by atoms with Crippen LogP contribution in [0.2, 0.25) is 0 Å². The van der Waals surface area contributed by atoms with Crippen molar-refractivity contribution in [1.82, 2.24) is 5.43 Å². The van der Waals surface area contributed by atoms with Crippen LogP contribution in [0.3, 0.4) is 0 Å². The highest BCUT2D eigenvalue weighted by molar-refractivity contribution is 9.10. The van der Waals surface area contributed by atoms with Crippen LogP contribution in [0.5, 0.6) is 0 Å². The molecule has 0 saturated carbocycles. The normalized spacial score (nSPS) is 13.2. The summed E-state index contributed by atoms with van der Waals surface area (Å²) in [7, 11) is 0. The molecule has 0 aliphatic carbocycles. The number of hydrogen-bond donors (Lipinski definition) is 2. The van der Waals surface area contributed by atoms with Gasteiger partial charge in [0.1, 0.15) is 0 Å². The first-order valence-corrected chi connectivity index (χ1v) is 6.60. The molecular weight excluding hydrogens is 333 g/mol. The van der Waals surface area contributed by atoms with Crippen molar-refractivity contribution < 1.29 is 13.2 Å². The van der Waals surface area contributed by atoms with Crippen molar-refractivity contribution in [3.63, 3.8) is 0 Å². The lowest BCUT2D eigenvalue weighted by Crippen LogP contribution is -2.30. The largest absolute Gasteiger partial charge is 0.416 e. The minimum Gasteiger partial charge on any atom is -0.271 e. The van der Waals surface area contributed by atoms with Crippen LogP contribution < -0.4 is 11.3 Å². The third-order valence-corrected chi connectivity index (χ3v) is 3.42. The van der Waals surface area contributed by atoms with Gasteiger partial charge in [0.2, 0.25) is 0 Å². The predicted molar refractivity (Wildman–Crippen MR) is 74.8 cm³/mol. The van der Waals surface area contributed by atoms with Crippen LogP contribution in [0, 0.1) is 0 Å². The maximum Gasteiger partial charge on any atom is 0.416 e. The lowest BCUT2D eigenvalue weighted by atomic mass is 9.94. The second-order valence-corrected chi connectivity index (χ2v) is 5.16. The molecule has 0 aliphatic heterocycles. The van der Waals surface area contributed by atoms with E-state index in [-0.39, 0.29) is 5.56 Å². The molecule has 1 atom stereocenters. The molecule has 2 aromatic rings. The zero-order valence-electron chi connectivity index (χ0n) is 10.3. The SMILES string of the molecule is NNC(c1cccc(Br)c1)c1ccccc1C(F)(F)F. The Morgan fingerprint density at radius 1 is 1.05 bits per heavy atom. The van der Waals surface area contributed by atoms with Gasteiger partial charge in [-0.25, -0.2) is 5.43 Å². The van der Waals surface area contributed by atoms with Gasteiger partial charge < -0.3 is 0 Å². The fourth-order valence-electron chi connectivity index (χ4n) is 2.06. The summed E-state index contributed by atoms with van der Waals surface area (Å²) in [5.74, 6) is 5.47. The predicted octanol–water partition coefficient (Wildman–Crippen LogP) is 4.02. The Morgan fingerprint density at radius 2 is 1.75 bits per heavy atom. The number of rotatable bonds is 3. The molecule has 20 heavy (non-hydrogen) atoms. The van der Waals surface area contributed by atoms with Gasteiger partial charge in [0.25, 0.3) is 0 Å². The number of halogens is 4. The minimum atomic E-state index is -4.42. The van der Waals surface area contributed by atoms with E-state index in [1.807, 2.05) is 0 Å². The van der Waals surface area contributed by atoms with Gasteiger partial charge in [-0.3, -0.25) is 5.84 Å². The van der Waals surface area contributed by atoms with E-state index in [9.17, 15) is 13.2 Å². The van der Waals surface area contributed by atoms with Crippen LogP contribution in [-0.2, 0) is 6.18 Å². The maximum atomic E-state index is 13.1. The molecule has 6 heteroatoms. The molecule has 0 aliphatic rings. The summed E-state index contributed by atoms with van der Waals surface area (Å²) < 4.78 is 40.0. The van der Waals surface area contributed by atoms with E-state index in [0.29, 0.717) is 5.56 Å². The van der Waals surface area contributed by atoms with Crippen molar-refractivity contribution in [3.05, 3.63) is 69.7 Å². The van der Waals surface area contributed by atoms with Crippen molar-refractivity contribution in [2.75, 3.05) is 0 Å². The average Bonchev–Trinajstić information content (AvgIpc) is 2.39. The summed E-state index contributed by atoms with van der Waals surface area (Å²) in [4.78, 5) is 0. The second-order valence-electron chi connectivity index (χ2n) is 4.24. The Morgan fingerprint density at radius 3 is 2.35 bits per heavy atom. The molecule has 0 saturated heterocycles. The third kappa shape index (κ3) is 3.20. The fourth-order valence-corrected chi connectivity index (χ4v) is 2.48. The molecule has 1 unspecified atom stereocenters. The highest BCUT2D eigenvalue weighted by Crippen LogP contribution is 2.36. The molecule has 106 valence electrons. The van der Waals surface area contributed by atoms with Crippen LogP contribution in [0.25, 0.3) is 0 Å². The topological polar surface area (TPSA) is 38.0 Å². The van der Waals surface area contributed by atoms with E-state index >= 15 is 0 Å². The van der Waals surface area contributed by atoms with Gasteiger partial charge in [0, 0.05) is 4.47 Å². The Labute approximate surface area is 122 Å². The zero-order chi connectivity index (χ0) is 14.8. The maximum absolute atomic E-state index is 13.1.